The molecule has 1 aromatic heterocycles. The maximum absolute atomic E-state index is 11.2. The number of aryl methyl sites for hydroxylation is 1. The summed E-state index contributed by atoms with van der Waals surface area (Å²) in [6.45, 7) is 9.70. The molecule has 1 unspecified atom stereocenters. The summed E-state index contributed by atoms with van der Waals surface area (Å²) in [7, 11) is 0. The van der Waals surface area contributed by atoms with Gasteiger partial charge in [0.2, 0.25) is 0 Å². The number of benzene rings is 1. The van der Waals surface area contributed by atoms with Crippen molar-refractivity contribution in [1.82, 2.24) is 9.55 Å². The SMILES string of the molecule is Cc1cc(C(C)(C)C)ccc1OCC1Cn2ccc(=O)nc2O1. The zero-order valence-corrected chi connectivity index (χ0v) is 14.0. The van der Waals surface area contributed by atoms with Crippen molar-refractivity contribution < 1.29 is 9.47 Å². The third kappa shape index (κ3) is 3.38. The molecule has 0 spiro atoms. The number of hydrogen-bond donors (Lipinski definition) is 0. The number of nitrogens with zero attached hydrogens (tertiary/aromatic N) is 2. The van der Waals surface area contributed by atoms with Crippen LogP contribution in [0, 0.1) is 6.92 Å². The van der Waals surface area contributed by atoms with Gasteiger partial charge in [0.05, 0.1) is 6.54 Å². The smallest absolute Gasteiger partial charge is 0.300 e. The lowest BCUT2D eigenvalue weighted by Crippen LogP contribution is -2.23. The molecule has 0 N–H and O–H groups in total. The second-order valence-electron chi connectivity index (χ2n) is 6.98. The van der Waals surface area contributed by atoms with Crippen LogP contribution in [-0.4, -0.2) is 22.3 Å². The Kier molecular flexibility index (Phi) is 3.88. The summed E-state index contributed by atoms with van der Waals surface area (Å²) in [5, 5.41) is 0. The number of ether oxygens (including phenoxy) is 2. The molecule has 2 heterocycles. The Morgan fingerprint density at radius 3 is 2.83 bits per heavy atom. The molecule has 1 aliphatic rings. The molecule has 0 fully saturated rings. The molecule has 2 aromatic rings. The maximum atomic E-state index is 11.2. The Morgan fingerprint density at radius 2 is 2.13 bits per heavy atom. The van der Waals surface area contributed by atoms with Crippen LogP contribution >= 0.6 is 0 Å². The summed E-state index contributed by atoms with van der Waals surface area (Å²) in [6, 6.07) is 8.09. The molecule has 3 rings (SSSR count). The summed E-state index contributed by atoms with van der Waals surface area (Å²) in [6.07, 6.45) is 1.57. The van der Waals surface area contributed by atoms with Crippen molar-refractivity contribution in [2.45, 2.75) is 45.8 Å². The molecule has 23 heavy (non-hydrogen) atoms. The minimum absolute atomic E-state index is 0.123. The van der Waals surface area contributed by atoms with Crippen molar-refractivity contribution in [2.75, 3.05) is 6.61 Å². The van der Waals surface area contributed by atoms with Crippen molar-refractivity contribution in [2.24, 2.45) is 0 Å². The van der Waals surface area contributed by atoms with E-state index in [2.05, 4.69) is 44.8 Å². The van der Waals surface area contributed by atoms with E-state index in [1.165, 1.54) is 11.6 Å². The molecular formula is C18H22N2O3. The highest BCUT2D eigenvalue weighted by Gasteiger charge is 2.24. The number of fused-ring (bicyclic) bond motifs is 1. The van der Waals surface area contributed by atoms with E-state index in [4.69, 9.17) is 9.47 Å². The van der Waals surface area contributed by atoms with Gasteiger partial charge in [0.25, 0.3) is 11.6 Å². The molecule has 1 aromatic carbocycles. The quantitative estimate of drug-likeness (QED) is 0.874. The third-order valence-electron chi connectivity index (χ3n) is 3.99. The van der Waals surface area contributed by atoms with E-state index in [0.717, 1.165) is 11.3 Å². The Labute approximate surface area is 135 Å². The lowest BCUT2D eigenvalue weighted by molar-refractivity contribution is 0.143. The van der Waals surface area contributed by atoms with Crippen LogP contribution < -0.4 is 15.0 Å². The summed E-state index contributed by atoms with van der Waals surface area (Å²) >= 11 is 0. The lowest BCUT2D eigenvalue weighted by Gasteiger charge is -2.21. The molecule has 1 atom stereocenters. The van der Waals surface area contributed by atoms with Crippen LogP contribution in [0.5, 0.6) is 11.8 Å². The molecule has 5 nitrogen and oxygen atoms in total. The van der Waals surface area contributed by atoms with E-state index < -0.39 is 0 Å². The van der Waals surface area contributed by atoms with Crippen LogP contribution in [0.4, 0.5) is 0 Å². The largest absolute Gasteiger partial charge is 0.489 e. The zero-order valence-electron chi connectivity index (χ0n) is 14.0. The second kappa shape index (κ2) is 5.72. The summed E-state index contributed by atoms with van der Waals surface area (Å²) in [4.78, 5) is 15.1. The monoisotopic (exact) mass is 314 g/mol. The van der Waals surface area contributed by atoms with Crippen LogP contribution in [0.25, 0.3) is 0 Å². The Morgan fingerprint density at radius 1 is 1.35 bits per heavy atom. The van der Waals surface area contributed by atoms with Crippen molar-refractivity contribution >= 4 is 0 Å². The number of hydrogen-bond acceptors (Lipinski definition) is 4. The van der Waals surface area contributed by atoms with Crippen molar-refractivity contribution in [3.05, 3.63) is 51.9 Å². The average molecular weight is 314 g/mol. The highest BCUT2D eigenvalue weighted by atomic mass is 16.6. The Balaban J connectivity index is 1.65. The van der Waals surface area contributed by atoms with E-state index in [1.807, 2.05) is 10.6 Å². The first-order chi connectivity index (χ1) is 10.8. The van der Waals surface area contributed by atoms with Gasteiger partial charge in [-0.2, -0.15) is 4.98 Å². The molecule has 0 saturated carbocycles. The predicted octanol–water partition coefficient (Wildman–Crippen LogP) is 2.69. The van der Waals surface area contributed by atoms with E-state index in [0.29, 0.717) is 19.2 Å². The first kappa shape index (κ1) is 15.6. The normalized spacial score (nSPS) is 16.8. The van der Waals surface area contributed by atoms with Gasteiger partial charge in [0.15, 0.2) is 6.10 Å². The van der Waals surface area contributed by atoms with E-state index in [1.54, 1.807) is 6.20 Å². The highest BCUT2D eigenvalue weighted by Crippen LogP contribution is 2.28. The van der Waals surface area contributed by atoms with Gasteiger partial charge in [-0.3, -0.25) is 9.36 Å². The Hall–Kier alpha value is -2.30. The fourth-order valence-corrected chi connectivity index (χ4v) is 2.60. The number of aromatic nitrogens is 2. The fourth-order valence-electron chi connectivity index (χ4n) is 2.60. The minimum atomic E-state index is -0.286. The zero-order chi connectivity index (χ0) is 16.6. The first-order valence-electron chi connectivity index (χ1n) is 7.81. The van der Waals surface area contributed by atoms with Gasteiger partial charge < -0.3 is 9.47 Å². The van der Waals surface area contributed by atoms with E-state index >= 15 is 0 Å². The molecule has 0 bridgehead atoms. The third-order valence-corrected chi connectivity index (χ3v) is 3.99. The topological polar surface area (TPSA) is 53.4 Å². The van der Waals surface area contributed by atoms with Gasteiger partial charge in [-0.1, -0.05) is 32.9 Å². The van der Waals surface area contributed by atoms with Gasteiger partial charge in [-0.25, -0.2) is 0 Å². The molecule has 0 aliphatic carbocycles. The summed E-state index contributed by atoms with van der Waals surface area (Å²) in [5.74, 6) is 0.861. The predicted molar refractivity (Wildman–Crippen MR) is 88.3 cm³/mol. The molecular weight excluding hydrogens is 292 g/mol. The van der Waals surface area contributed by atoms with Gasteiger partial charge >= 0.3 is 0 Å². The van der Waals surface area contributed by atoms with E-state index in [9.17, 15) is 4.79 Å². The van der Waals surface area contributed by atoms with Crippen LogP contribution in [0.3, 0.4) is 0 Å². The van der Waals surface area contributed by atoms with Crippen LogP contribution in [-0.2, 0) is 12.0 Å². The van der Waals surface area contributed by atoms with Gasteiger partial charge in [0, 0.05) is 12.3 Å². The molecule has 122 valence electrons. The summed E-state index contributed by atoms with van der Waals surface area (Å²) in [5.41, 5.74) is 2.24. The molecule has 1 aliphatic heterocycles. The molecule has 0 radical (unpaired) electrons. The second-order valence-corrected chi connectivity index (χ2v) is 6.98. The molecule has 5 heteroatoms. The van der Waals surface area contributed by atoms with Gasteiger partial charge in [-0.05, 0) is 29.5 Å². The standard InChI is InChI=1S/C18H22N2O3/c1-12-9-13(18(2,3)4)5-6-15(12)22-11-14-10-20-8-7-16(21)19-17(20)23-14/h5-9,14H,10-11H2,1-4H3. The van der Waals surface area contributed by atoms with E-state index in [-0.39, 0.29) is 17.1 Å². The van der Waals surface area contributed by atoms with Gasteiger partial charge in [-0.15, -0.1) is 0 Å². The highest BCUT2D eigenvalue weighted by molar-refractivity contribution is 5.38. The van der Waals surface area contributed by atoms with Crippen LogP contribution in [0.15, 0.2) is 35.3 Å². The van der Waals surface area contributed by atoms with Crippen molar-refractivity contribution in [1.29, 1.82) is 0 Å². The number of rotatable bonds is 3. The van der Waals surface area contributed by atoms with Crippen LogP contribution in [0.2, 0.25) is 0 Å². The summed E-state index contributed by atoms with van der Waals surface area (Å²) < 4.78 is 13.4. The van der Waals surface area contributed by atoms with Crippen LogP contribution in [0.1, 0.15) is 31.9 Å². The Bertz CT molecular complexity index is 775. The maximum Gasteiger partial charge on any atom is 0.300 e. The van der Waals surface area contributed by atoms with Gasteiger partial charge in [0.1, 0.15) is 12.4 Å². The minimum Gasteiger partial charge on any atom is -0.489 e. The molecule has 0 amide bonds. The first-order valence-corrected chi connectivity index (χ1v) is 7.81. The van der Waals surface area contributed by atoms with Crippen molar-refractivity contribution in [3.8, 4) is 11.8 Å². The van der Waals surface area contributed by atoms with Crippen molar-refractivity contribution in [3.63, 3.8) is 0 Å². The fraction of sp³-hybridized carbons (Fsp3) is 0.444. The average Bonchev–Trinajstić information content (AvgIpc) is 2.86. The molecule has 0 saturated heterocycles. The lowest BCUT2D eigenvalue weighted by atomic mass is 9.86.